The molecule has 0 saturated heterocycles. The first kappa shape index (κ1) is 14.5. The molecule has 0 spiro atoms. The standard InChI is InChI=1S/C16H17F2NO/c1-2-10-20-14-9-4-3-6-11(14)16(19)15-12(17)7-5-8-13(15)18/h3-9,16H,2,10,19H2,1H3. The number of benzene rings is 2. The highest BCUT2D eigenvalue weighted by atomic mass is 19.1. The number of para-hydroxylation sites is 1. The van der Waals surface area contributed by atoms with Gasteiger partial charge in [0, 0.05) is 11.1 Å². The van der Waals surface area contributed by atoms with Crippen molar-refractivity contribution in [3.8, 4) is 5.75 Å². The van der Waals surface area contributed by atoms with Gasteiger partial charge in [0.2, 0.25) is 0 Å². The van der Waals surface area contributed by atoms with Gasteiger partial charge in [-0.05, 0) is 24.6 Å². The molecule has 2 aromatic carbocycles. The van der Waals surface area contributed by atoms with Crippen LogP contribution in [0.5, 0.6) is 5.75 Å². The minimum atomic E-state index is -0.899. The molecule has 1 atom stereocenters. The molecular formula is C16H17F2NO. The fourth-order valence-corrected chi connectivity index (χ4v) is 2.04. The van der Waals surface area contributed by atoms with Crippen molar-refractivity contribution in [3.63, 3.8) is 0 Å². The van der Waals surface area contributed by atoms with Gasteiger partial charge in [0.1, 0.15) is 17.4 Å². The van der Waals surface area contributed by atoms with Crippen molar-refractivity contribution >= 4 is 0 Å². The van der Waals surface area contributed by atoms with Crippen LogP contribution in [0, 0.1) is 11.6 Å². The zero-order chi connectivity index (χ0) is 14.5. The van der Waals surface area contributed by atoms with Gasteiger partial charge in [-0.25, -0.2) is 8.78 Å². The van der Waals surface area contributed by atoms with Crippen molar-refractivity contribution in [2.75, 3.05) is 6.61 Å². The van der Waals surface area contributed by atoms with Crippen molar-refractivity contribution in [1.29, 1.82) is 0 Å². The van der Waals surface area contributed by atoms with E-state index in [-0.39, 0.29) is 5.56 Å². The molecule has 0 saturated carbocycles. The molecule has 20 heavy (non-hydrogen) atoms. The lowest BCUT2D eigenvalue weighted by atomic mass is 9.98. The number of ether oxygens (including phenoxy) is 1. The zero-order valence-electron chi connectivity index (χ0n) is 11.3. The number of rotatable bonds is 5. The first-order valence-electron chi connectivity index (χ1n) is 6.56. The average molecular weight is 277 g/mol. The fourth-order valence-electron chi connectivity index (χ4n) is 2.04. The molecule has 0 aliphatic carbocycles. The van der Waals surface area contributed by atoms with Crippen LogP contribution >= 0.6 is 0 Å². The third-order valence-corrected chi connectivity index (χ3v) is 3.03. The van der Waals surface area contributed by atoms with Crippen LogP contribution in [0.4, 0.5) is 8.78 Å². The molecule has 0 heterocycles. The highest BCUT2D eigenvalue weighted by molar-refractivity contribution is 5.42. The smallest absolute Gasteiger partial charge is 0.131 e. The molecule has 106 valence electrons. The Morgan fingerprint density at radius 3 is 2.35 bits per heavy atom. The SMILES string of the molecule is CCCOc1ccccc1C(N)c1c(F)cccc1F. The van der Waals surface area contributed by atoms with Crippen LogP contribution in [-0.4, -0.2) is 6.61 Å². The van der Waals surface area contributed by atoms with E-state index in [0.29, 0.717) is 17.9 Å². The molecule has 0 aliphatic heterocycles. The topological polar surface area (TPSA) is 35.2 Å². The lowest BCUT2D eigenvalue weighted by Crippen LogP contribution is -2.17. The maximum atomic E-state index is 13.8. The second-order valence-electron chi connectivity index (χ2n) is 4.50. The lowest BCUT2D eigenvalue weighted by molar-refractivity contribution is 0.313. The summed E-state index contributed by atoms with van der Waals surface area (Å²) in [6.07, 6.45) is 0.845. The molecular weight excluding hydrogens is 260 g/mol. The minimum absolute atomic E-state index is 0.139. The monoisotopic (exact) mass is 277 g/mol. The molecule has 0 aromatic heterocycles. The van der Waals surface area contributed by atoms with E-state index in [9.17, 15) is 8.78 Å². The van der Waals surface area contributed by atoms with Crippen molar-refractivity contribution in [3.05, 3.63) is 65.2 Å². The van der Waals surface area contributed by atoms with Crippen LogP contribution in [0.2, 0.25) is 0 Å². The molecule has 2 rings (SSSR count). The van der Waals surface area contributed by atoms with Gasteiger partial charge >= 0.3 is 0 Å². The number of halogens is 2. The molecule has 0 amide bonds. The van der Waals surface area contributed by atoms with Gasteiger partial charge in [-0.1, -0.05) is 31.2 Å². The summed E-state index contributed by atoms with van der Waals surface area (Å²) in [5.41, 5.74) is 6.47. The summed E-state index contributed by atoms with van der Waals surface area (Å²) in [6, 6.07) is 9.88. The molecule has 2 N–H and O–H groups in total. The minimum Gasteiger partial charge on any atom is -0.493 e. The quantitative estimate of drug-likeness (QED) is 0.902. The summed E-state index contributed by atoms with van der Waals surface area (Å²) in [5, 5.41) is 0. The van der Waals surface area contributed by atoms with Gasteiger partial charge < -0.3 is 10.5 Å². The first-order valence-corrected chi connectivity index (χ1v) is 6.56. The maximum Gasteiger partial charge on any atom is 0.131 e. The largest absolute Gasteiger partial charge is 0.493 e. The third-order valence-electron chi connectivity index (χ3n) is 3.03. The Balaban J connectivity index is 2.40. The predicted octanol–water partition coefficient (Wildman–Crippen LogP) is 3.80. The Morgan fingerprint density at radius 2 is 1.70 bits per heavy atom. The molecule has 0 radical (unpaired) electrons. The van der Waals surface area contributed by atoms with Crippen LogP contribution in [0.25, 0.3) is 0 Å². The van der Waals surface area contributed by atoms with Gasteiger partial charge in [-0.2, -0.15) is 0 Å². The first-order chi connectivity index (χ1) is 9.65. The predicted molar refractivity (Wildman–Crippen MR) is 74.6 cm³/mol. The summed E-state index contributed by atoms with van der Waals surface area (Å²) in [4.78, 5) is 0. The van der Waals surface area contributed by atoms with Crippen molar-refractivity contribution in [2.45, 2.75) is 19.4 Å². The Kier molecular flexibility index (Phi) is 4.69. The second-order valence-corrected chi connectivity index (χ2v) is 4.50. The summed E-state index contributed by atoms with van der Waals surface area (Å²) in [7, 11) is 0. The molecule has 2 nitrogen and oxygen atoms in total. The molecule has 4 heteroatoms. The van der Waals surface area contributed by atoms with Crippen LogP contribution in [0.15, 0.2) is 42.5 Å². The summed E-state index contributed by atoms with van der Waals surface area (Å²) in [6.45, 7) is 2.52. The Morgan fingerprint density at radius 1 is 1.05 bits per heavy atom. The number of hydrogen-bond donors (Lipinski definition) is 1. The van der Waals surface area contributed by atoms with E-state index in [1.807, 2.05) is 6.92 Å². The van der Waals surface area contributed by atoms with Gasteiger partial charge in [0.05, 0.1) is 12.6 Å². The van der Waals surface area contributed by atoms with Crippen LogP contribution in [0.1, 0.15) is 30.5 Å². The van der Waals surface area contributed by atoms with Crippen molar-refractivity contribution in [1.82, 2.24) is 0 Å². The second kappa shape index (κ2) is 6.48. The molecule has 0 aliphatic rings. The molecule has 0 bridgehead atoms. The fraction of sp³-hybridized carbons (Fsp3) is 0.250. The Hall–Kier alpha value is -1.94. The third kappa shape index (κ3) is 2.96. The molecule has 0 fully saturated rings. The number of nitrogens with two attached hydrogens (primary N) is 1. The van der Waals surface area contributed by atoms with Crippen molar-refractivity contribution in [2.24, 2.45) is 5.73 Å². The lowest BCUT2D eigenvalue weighted by Gasteiger charge is -2.18. The van der Waals surface area contributed by atoms with Crippen LogP contribution in [0.3, 0.4) is 0 Å². The highest BCUT2D eigenvalue weighted by Gasteiger charge is 2.20. The molecule has 1 unspecified atom stereocenters. The van der Waals surface area contributed by atoms with Crippen LogP contribution < -0.4 is 10.5 Å². The van der Waals surface area contributed by atoms with E-state index < -0.39 is 17.7 Å². The highest BCUT2D eigenvalue weighted by Crippen LogP contribution is 2.31. The van der Waals surface area contributed by atoms with E-state index >= 15 is 0 Å². The van der Waals surface area contributed by atoms with Gasteiger partial charge in [-0.3, -0.25) is 0 Å². The van der Waals surface area contributed by atoms with E-state index in [4.69, 9.17) is 10.5 Å². The maximum absolute atomic E-state index is 13.8. The zero-order valence-corrected chi connectivity index (χ0v) is 11.3. The Labute approximate surface area is 117 Å². The van der Waals surface area contributed by atoms with Gasteiger partial charge in [-0.15, -0.1) is 0 Å². The van der Waals surface area contributed by atoms with Crippen molar-refractivity contribution < 1.29 is 13.5 Å². The Bertz CT molecular complexity index is 566. The average Bonchev–Trinajstić information content (AvgIpc) is 2.45. The van der Waals surface area contributed by atoms with Crippen LogP contribution in [-0.2, 0) is 0 Å². The number of hydrogen-bond acceptors (Lipinski definition) is 2. The van der Waals surface area contributed by atoms with Gasteiger partial charge in [0.15, 0.2) is 0 Å². The van der Waals surface area contributed by atoms with E-state index in [2.05, 4.69) is 0 Å². The molecule has 2 aromatic rings. The summed E-state index contributed by atoms with van der Waals surface area (Å²) in [5.74, 6) is -0.741. The van der Waals surface area contributed by atoms with E-state index in [1.165, 1.54) is 18.2 Å². The van der Waals surface area contributed by atoms with Gasteiger partial charge in [0.25, 0.3) is 0 Å². The normalized spacial score (nSPS) is 12.2. The summed E-state index contributed by atoms with van der Waals surface area (Å²) < 4.78 is 33.2. The summed E-state index contributed by atoms with van der Waals surface area (Å²) >= 11 is 0. The van der Waals surface area contributed by atoms with E-state index in [1.54, 1.807) is 24.3 Å². The van der Waals surface area contributed by atoms with E-state index in [0.717, 1.165) is 6.42 Å².